The second-order valence-electron chi connectivity index (χ2n) is 5.06. The van der Waals surface area contributed by atoms with E-state index in [9.17, 15) is 4.79 Å². The van der Waals surface area contributed by atoms with Gasteiger partial charge in [-0.25, -0.2) is 0 Å². The summed E-state index contributed by atoms with van der Waals surface area (Å²) in [5.41, 5.74) is 7.21. The second-order valence-corrected chi connectivity index (χ2v) is 5.83. The van der Waals surface area contributed by atoms with E-state index in [-0.39, 0.29) is 17.8 Å². The molecule has 0 aliphatic carbocycles. The van der Waals surface area contributed by atoms with Crippen LogP contribution in [0.5, 0.6) is 0 Å². The summed E-state index contributed by atoms with van der Waals surface area (Å²) in [7, 11) is 1.88. The highest BCUT2D eigenvalue weighted by Crippen LogP contribution is 2.26. The Morgan fingerprint density at radius 1 is 1.52 bits per heavy atom. The van der Waals surface area contributed by atoms with Crippen molar-refractivity contribution in [2.75, 3.05) is 17.6 Å². The maximum Gasteiger partial charge on any atom is 0.258 e. The summed E-state index contributed by atoms with van der Waals surface area (Å²) in [6, 6.07) is 2.02. The van der Waals surface area contributed by atoms with E-state index in [1.807, 2.05) is 33.2 Å². The number of nitrogens with two attached hydrogens (primary N) is 1. The fourth-order valence-corrected chi connectivity index (χ4v) is 2.61. The topological polar surface area (TPSA) is 97.9 Å². The van der Waals surface area contributed by atoms with E-state index >= 15 is 0 Å². The number of hydrogen-bond acceptors (Lipinski definition) is 6. The average Bonchev–Trinajstić information content (AvgIpc) is 2.95. The quantitative estimate of drug-likeness (QED) is 0.746. The highest BCUT2D eigenvalue weighted by Gasteiger charge is 2.19. The number of rotatable bonds is 6. The van der Waals surface area contributed by atoms with E-state index in [0.717, 1.165) is 12.1 Å². The third-order valence-electron chi connectivity index (χ3n) is 2.80. The van der Waals surface area contributed by atoms with Crippen LogP contribution < -0.4 is 16.4 Å². The molecule has 21 heavy (non-hydrogen) atoms. The summed E-state index contributed by atoms with van der Waals surface area (Å²) in [4.78, 5) is 12.1. The molecular weight excluding hydrogens is 288 g/mol. The summed E-state index contributed by atoms with van der Waals surface area (Å²) in [6.45, 7) is 4.48. The number of aromatic nitrogens is 3. The minimum Gasteiger partial charge on any atom is -0.382 e. The van der Waals surface area contributed by atoms with E-state index < -0.39 is 0 Å². The minimum atomic E-state index is -0.198. The Morgan fingerprint density at radius 2 is 2.29 bits per heavy atom. The van der Waals surface area contributed by atoms with E-state index in [0.29, 0.717) is 17.1 Å². The van der Waals surface area contributed by atoms with Crippen LogP contribution in [0.25, 0.3) is 0 Å². The molecule has 0 atom stereocenters. The minimum absolute atomic E-state index is 0.0539. The van der Waals surface area contributed by atoms with Crippen LogP contribution in [0.1, 0.15) is 29.9 Å². The summed E-state index contributed by atoms with van der Waals surface area (Å²) in [5.74, 6) is 0.0649. The smallest absolute Gasteiger partial charge is 0.258 e. The molecule has 0 bridgehead atoms. The van der Waals surface area contributed by atoms with Crippen LogP contribution in [-0.2, 0) is 13.5 Å². The number of carbonyl (C=O) groups is 1. The first-order valence-electron chi connectivity index (χ1n) is 6.75. The van der Waals surface area contributed by atoms with Crippen LogP contribution in [0.4, 0.5) is 10.8 Å². The Balaban J connectivity index is 1.98. The second kappa shape index (κ2) is 6.57. The van der Waals surface area contributed by atoms with E-state index in [1.165, 1.54) is 11.5 Å². The molecule has 0 aliphatic rings. The van der Waals surface area contributed by atoms with Gasteiger partial charge in [-0.1, -0.05) is 0 Å². The molecule has 0 fully saturated rings. The van der Waals surface area contributed by atoms with Gasteiger partial charge in [-0.15, -0.1) is 0 Å². The number of nitrogen functional groups attached to an aromatic ring is 1. The van der Waals surface area contributed by atoms with Crippen molar-refractivity contribution in [3.63, 3.8) is 0 Å². The van der Waals surface area contributed by atoms with Gasteiger partial charge in [-0.2, -0.15) is 9.47 Å². The highest BCUT2D eigenvalue weighted by atomic mass is 32.1. The summed E-state index contributed by atoms with van der Waals surface area (Å²) < 4.78 is 5.82. The summed E-state index contributed by atoms with van der Waals surface area (Å²) >= 11 is 1.20. The predicted octanol–water partition coefficient (Wildman–Crippen LogP) is 1.25. The Bertz CT molecular complexity index is 618. The van der Waals surface area contributed by atoms with Gasteiger partial charge in [0, 0.05) is 32.3 Å². The van der Waals surface area contributed by atoms with Crippen molar-refractivity contribution < 1.29 is 4.79 Å². The van der Waals surface area contributed by atoms with Crippen molar-refractivity contribution >= 4 is 28.3 Å². The van der Waals surface area contributed by atoms with Gasteiger partial charge in [0.25, 0.3) is 5.91 Å². The van der Waals surface area contributed by atoms with Crippen molar-refractivity contribution in [1.82, 2.24) is 19.5 Å². The number of amides is 1. The molecule has 2 heterocycles. The third-order valence-corrected chi connectivity index (χ3v) is 3.62. The molecule has 0 saturated carbocycles. The number of aryl methyl sites for hydroxylation is 1. The molecule has 0 radical (unpaired) electrons. The fourth-order valence-electron chi connectivity index (χ4n) is 1.88. The van der Waals surface area contributed by atoms with Crippen LogP contribution in [0.15, 0.2) is 12.3 Å². The Morgan fingerprint density at radius 3 is 2.90 bits per heavy atom. The molecule has 0 spiro atoms. The zero-order valence-corrected chi connectivity index (χ0v) is 13.2. The molecule has 0 aliphatic heterocycles. The lowest BCUT2D eigenvalue weighted by molar-refractivity contribution is 0.0945. The number of nitrogens with zero attached hydrogens (tertiary/aromatic N) is 3. The average molecular weight is 308 g/mol. The molecule has 2 rings (SSSR count). The summed E-state index contributed by atoms with van der Waals surface area (Å²) in [5, 5.41) is 11.0. The number of nitrogens with one attached hydrogen (secondary N) is 2. The zero-order chi connectivity index (χ0) is 15.4. The molecule has 2 aromatic rings. The lowest BCUT2D eigenvalue weighted by Crippen LogP contribution is -2.31. The van der Waals surface area contributed by atoms with Gasteiger partial charge in [0.2, 0.25) is 0 Å². The third kappa shape index (κ3) is 3.94. The van der Waals surface area contributed by atoms with Crippen molar-refractivity contribution in [3.05, 3.63) is 23.5 Å². The highest BCUT2D eigenvalue weighted by molar-refractivity contribution is 7.11. The SMILES string of the molecule is CC(C)NC(=O)c1c(N)nsc1NCCc1ccn(C)n1. The molecule has 0 saturated heterocycles. The lowest BCUT2D eigenvalue weighted by atomic mass is 10.2. The van der Waals surface area contributed by atoms with E-state index in [4.69, 9.17) is 5.73 Å². The monoisotopic (exact) mass is 308 g/mol. The normalized spacial score (nSPS) is 10.9. The number of hydrogen-bond donors (Lipinski definition) is 3. The fraction of sp³-hybridized carbons (Fsp3) is 0.462. The van der Waals surface area contributed by atoms with Crippen molar-refractivity contribution in [2.45, 2.75) is 26.3 Å². The zero-order valence-electron chi connectivity index (χ0n) is 12.4. The molecule has 0 aromatic carbocycles. The predicted molar refractivity (Wildman–Crippen MR) is 84.5 cm³/mol. The van der Waals surface area contributed by atoms with Gasteiger partial charge in [0.1, 0.15) is 10.6 Å². The van der Waals surface area contributed by atoms with Gasteiger partial charge < -0.3 is 16.4 Å². The van der Waals surface area contributed by atoms with Gasteiger partial charge >= 0.3 is 0 Å². The molecule has 1 amide bonds. The molecule has 114 valence electrons. The number of carbonyl (C=O) groups excluding carboxylic acids is 1. The maximum atomic E-state index is 12.1. The Kier molecular flexibility index (Phi) is 4.79. The van der Waals surface area contributed by atoms with Crippen LogP contribution >= 0.6 is 11.5 Å². The largest absolute Gasteiger partial charge is 0.382 e. The standard InChI is InChI=1S/C13H20N6OS/c1-8(2)16-12(20)10-11(14)18-21-13(10)15-6-4-9-5-7-19(3)17-9/h5,7-8,15H,4,6H2,1-3H3,(H2,14,18)(H,16,20). The Hall–Kier alpha value is -2.09. The first-order chi connectivity index (χ1) is 9.97. The first kappa shape index (κ1) is 15.3. The molecule has 2 aromatic heterocycles. The van der Waals surface area contributed by atoms with Gasteiger partial charge in [0.15, 0.2) is 5.82 Å². The van der Waals surface area contributed by atoms with E-state index in [2.05, 4.69) is 20.1 Å². The lowest BCUT2D eigenvalue weighted by Gasteiger charge is -2.10. The maximum absolute atomic E-state index is 12.1. The van der Waals surface area contributed by atoms with E-state index in [1.54, 1.807) is 4.68 Å². The van der Waals surface area contributed by atoms with Crippen LogP contribution in [-0.4, -0.2) is 32.6 Å². The molecule has 8 heteroatoms. The van der Waals surface area contributed by atoms with Gasteiger partial charge in [0.05, 0.1) is 5.69 Å². The van der Waals surface area contributed by atoms with Gasteiger partial charge in [-0.3, -0.25) is 9.48 Å². The van der Waals surface area contributed by atoms with Crippen molar-refractivity contribution in [2.24, 2.45) is 7.05 Å². The van der Waals surface area contributed by atoms with Crippen LogP contribution in [0.3, 0.4) is 0 Å². The van der Waals surface area contributed by atoms with Gasteiger partial charge in [-0.05, 0) is 31.4 Å². The molecule has 4 N–H and O–H groups in total. The summed E-state index contributed by atoms with van der Waals surface area (Å²) in [6.07, 6.45) is 2.67. The molecule has 7 nitrogen and oxygen atoms in total. The van der Waals surface area contributed by atoms with Crippen LogP contribution in [0.2, 0.25) is 0 Å². The Labute approximate surface area is 127 Å². The van der Waals surface area contributed by atoms with Crippen molar-refractivity contribution in [3.8, 4) is 0 Å². The van der Waals surface area contributed by atoms with Crippen molar-refractivity contribution in [1.29, 1.82) is 0 Å². The molecular formula is C13H20N6OS. The van der Waals surface area contributed by atoms with Crippen LogP contribution in [0, 0.1) is 0 Å². The molecule has 0 unspecified atom stereocenters. The number of anilines is 2. The first-order valence-corrected chi connectivity index (χ1v) is 7.53.